The minimum Gasteiger partial charge on any atom is -0.344 e. The first-order valence-corrected chi connectivity index (χ1v) is 12.7. The first-order chi connectivity index (χ1) is 16.4. The Morgan fingerprint density at radius 3 is 2.47 bits per heavy atom. The lowest BCUT2D eigenvalue weighted by Gasteiger charge is -2.20. The Morgan fingerprint density at radius 1 is 1.09 bits per heavy atom. The second-order valence-electron chi connectivity index (χ2n) is 8.01. The van der Waals surface area contributed by atoms with Crippen LogP contribution in [0, 0.1) is 5.82 Å². The Kier molecular flexibility index (Phi) is 7.77. The molecule has 0 aliphatic rings. The Labute approximate surface area is 206 Å². The summed E-state index contributed by atoms with van der Waals surface area (Å²) >= 11 is 2.92. The zero-order valence-electron chi connectivity index (χ0n) is 19.2. The van der Waals surface area contributed by atoms with Crippen molar-refractivity contribution in [3.8, 4) is 5.69 Å². The Bertz CT molecular complexity index is 1210. The summed E-state index contributed by atoms with van der Waals surface area (Å²) in [5, 5.41) is 14.5. The summed E-state index contributed by atoms with van der Waals surface area (Å²) in [6.45, 7) is 2.02. The average molecular weight is 496 g/mol. The zero-order valence-corrected chi connectivity index (χ0v) is 20.8. The van der Waals surface area contributed by atoms with E-state index in [1.165, 1.54) is 23.9 Å². The van der Waals surface area contributed by atoms with E-state index >= 15 is 0 Å². The van der Waals surface area contributed by atoms with Crippen molar-refractivity contribution in [1.29, 1.82) is 0 Å². The van der Waals surface area contributed by atoms with Crippen LogP contribution >= 0.6 is 23.1 Å². The van der Waals surface area contributed by atoms with Gasteiger partial charge in [-0.3, -0.25) is 14.3 Å². The molecular weight excluding hydrogens is 469 g/mol. The van der Waals surface area contributed by atoms with Gasteiger partial charge >= 0.3 is 0 Å². The van der Waals surface area contributed by atoms with Crippen LogP contribution in [0.15, 0.2) is 77.3 Å². The molecule has 4 rings (SSSR count). The van der Waals surface area contributed by atoms with Crippen molar-refractivity contribution in [1.82, 2.24) is 25.0 Å². The number of amides is 1. The molecule has 0 fully saturated rings. The second kappa shape index (κ2) is 10.9. The number of hydrogen-bond acceptors (Lipinski definition) is 6. The topological polar surface area (TPSA) is 63.1 Å². The molecule has 1 amide bonds. The normalized spacial score (nSPS) is 13.1. The molecular formula is C25H26FN5OS2. The molecule has 2 atom stereocenters. The highest BCUT2D eigenvalue weighted by molar-refractivity contribution is 7.99. The van der Waals surface area contributed by atoms with Gasteiger partial charge in [0.1, 0.15) is 5.82 Å². The van der Waals surface area contributed by atoms with Gasteiger partial charge in [-0.2, -0.15) is 0 Å². The van der Waals surface area contributed by atoms with Crippen LogP contribution in [0.4, 0.5) is 4.39 Å². The Morgan fingerprint density at radius 2 is 1.82 bits per heavy atom. The number of nitrogens with zero attached hydrogens (tertiary/aromatic N) is 4. The Balaban J connectivity index is 1.55. The van der Waals surface area contributed by atoms with E-state index in [0.29, 0.717) is 5.16 Å². The molecule has 2 aromatic heterocycles. The molecule has 2 aromatic carbocycles. The van der Waals surface area contributed by atoms with E-state index in [-0.39, 0.29) is 29.6 Å². The number of hydrogen-bond donors (Lipinski definition) is 1. The number of benzene rings is 2. The summed E-state index contributed by atoms with van der Waals surface area (Å²) in [6, 6.07) is 19.9. The Hall–Kier alpha value is -3.01. The molecule has 1 N–H and O–H groups in total. The molecule has 0 bridgehead atoms. The highest BCUT2D eigenvalue weighted by Gasteiger charge is 2.23. The minimum atomic E-state index is -0.312. The largest absolute Gasteiger partial charge is 0.344 e. The van der Waals surface area contributed by atoms with E-state index in [0.717, 1.165) is 22.0 Å². The molecule has 0 saturated heterocycles. The predicted octanol–water partition coefficient (Wildman–Crippen LogP) is 5.09. The molecule has 0 spiro atoms. The van der Waals surface area contributed by atoms with Gasteiger partial charge in [0.2, 0.25) is 5.91 Å². The molecule has 0 aliphatic heterocycles. The number of aromatic nitrogens is 3. The van der Waals surface area contributed by atoms with Crippen LogP contribution in [0.5, 0.6) is 0 Å². The van der Waals surface area contributed by atoms with E-state index in [9.17, 15) is 9.18 Å². The van der Waals surface area contributed by atoms with Crippen molar-refractivity contribution >= 4 is 29.0 Å². The number of halogens is 1. The second-order valence-corrected chi connectivity index (χ2v) is 9.93. The molecule has 0 radical (unpaired) electrons. The number of rotatable bonds is 9. The van der Waals surface area contributed by atoms with Gasteiger partial charge in [0.25, 0.3) is 0 Å². The molecule has 9 heteroatoms. The van der Waals surface area contributed by atoms with Crippen LogP contribution in [0.1, 0.15) is 35.3 Å². The number of thioether (sulfide) groups is 1. The monoisotopic (exact) mass is 495 g/mol. The fourth-order valence-electron chi connectivity index (χ4n) is 3.46. The SMILES string of the molecule is C[C@@H](c1nnc(SCC(=O)N[C@@H](c2ccccc2)c2cccs2)n1-c1ccc(F)cc1)N(C)C. The van der Waals surface area contributed by atoms with Crippen molar-refractivity contribution < 1.29 is 9.18 Å². The van der Waals surface area contributed by atoms with Crippen molar-refractivity contribution in [3.05, 3.63) is 94.2 Å². The molecule has 176 valence electrons. The van der Waals surface area contributed by atoms with Gasteiger partial charge in [0.05, 0.1) is 17.8 Å². The quantitative estimate of drug-likeness (QED) is 0.328. The van der Waals surface area contributed by atoms with Crippen molar-refractivity contribution in [2.24, 2.45) is 0 Å². The lowest BCUT2D eigenvalue weighted by atomic mass is 10.1. The number of carbonyl (C=O) groups excluding carboxylic acids is 1. The van der Waals surface area contributed by atoms with Gasteiger partial charge in [-0.05, 0) is 62.3 Å². The summed E-state index contributed by atoms with van der Waals surface area (Å²) in [7, 11) is 3.92. The van der Waals surface area contributed by atoms with Crippen LogP contribution in [0.3, 0.4) is 0 Å². The molecule has 0 aliphatic carbocycles. The first-order valence-electron chi connectivity index (χ1n) is 10.8. The zero-order chi connectivity index (χ0) is 24.1. The van der Waals surface area contributed by atoms with Gasteiger partial charge in [0, 0.05) is 10.6 Å². The summed E-state index contributed by atoms with van der Waals surface area (Å²) < 4.78 is 15.4. The highest BCUT2D eigenvalue weighted by Crippen LogP contribution is 2.29. The van der Waals surface area contributed by atoms with E-state index in [2.05, 4.69) is 15.5 Å². The van der Waals surface area contributed by atoms with Gasteiger partial charge in [-0.1, -0.05) is 48.2 Å². The minimum absolute atomic E-state index is 0.0259. The van der Waals surface area contributed by atoms with Crippen molar-refractivity contribution in [2.45, 2.75) is 24.2 Å². The maximum Gasteiger partial charge on any atom is 0.231 e. The fraction of sp³-hybridized carbons (Fsp3) is 0.240. The third-order valence-electron chi connectivity index (χ3n) is 5.49. The van der Waals surface area contributed by atoms with Crippen molar-refractivity contribution in [2.75, 3.05) is 19.8 Å². The summed E-state index contributed by atoms with van der Waals surface area (Å²) in [4.78, 5) is 16.1. The van der Waals surface area contributed by atoms with Crippen molar-refractivity contribution in [3.63, 3.8) is 0 Å². The van der Waals surface area contributed by atoms with E-state index in [1.807, 2.05) is 78.3 Å². The van der Waals surface area contributed by atoms with Gasteiger partial charge in [0.15, 0.2) is 11.0 Å². The third kappa shape index (κ3) is 5.55. The number of thiophene rings is 1. The van der Waals surface area contributed by atoms with Gasteiger partial charge < -0.3 is 5.32 Å². The maximum absolute atomic E-state index is 13.5. The van der Waals surface area contributed by atoms with Crippen LogP contribution in [-0.2, 0) is 4.79 Å². The predicted molar refractivity (Wildman–Crippen MR) is 135 cm³/mol. The molecule has 4 aromatic rings. The summed E-state index contributed by atoms with van der Waals surface area (Å²) in [5.74, 6) is 0.473. The molecule has 0 saturated carbocycles. The molecule has 0 unspecified atom stereocenters. The fourth-order valence-corrected chi connectivity index (χ4v) is 5.03. The highest BCUT2D eigenvalue weighted by atomic mass is 32.2. The van der Waals surface area contributed by atoms with Crippen LogP contribution in [-0.4, -0.2) is 45.4 Å². The lowest BCUT2D eigenvalue weighted by Crippen LogP contribution is -2.30. The molecule has 34 heavy (non-hydrogen) atoms. The van der Waals surface area contributed by atoms with Gasteiger partial charge in [-0.25, -0.2) is 4.39 Å². The van der Waals surface area contributed by atoms with Crippen LogP contribution in [0.2, 0.25) is 0 Å². The standard InChI is InChI=1S/C25H26FN5OS2/c1-17(30(2)3)24-28-29-25(31(24)20-13-11-19(26)12-14-20)34-16-22(32)27-23(21-10-7-15-33-21)18-8-5-4-6-9-18/h4-15,17,23H,16H2,1-3H3,(H,27,32)/t17-,23-/m0/s1. The lowest BCUT2D eigenvalue weighted by molar-refractivity contribution is -0.119. The van der Waals surface area contributed by atoms with Crippen LogP contribution in [0.25, 0.3) is 5.69 Å². The summed E-state index contributed by atoms with van der Waals surface area (Å²) in [5.41, 5.74) is 1.78. The average Bonchev–Trinajstić information content (AvgIpc) is 3.52. The first kappa shape index (κ1) is 24.1. The van der Waals surface area contributed by atoms with E-state index < -0.39 is 0 Å². The molecule has 2 heterocycles. The smallest absolute Gasteiger partial charge is 0.231 e. The maximum atomic E-state index is 13.5. The number of nitrogens with one attached hydrogen (secondary N) is 1. The van der Waals surface area contributed by atoms with E-state index in [1.54, 1.807) is 23.5 Å². The number of carbonyl (C=O) groups is 1. The molecule has 6 nitrogen and oxygen atoms in total. The van der Waals surface area contributed by atoms with E-state index in [4.69, 9.17) is 0 Å². The summed E-state index contributed by atoms with van der Waals surface area (Å²) in [6.07, 6.45) is 0. The van der Waals surface area contributed by atoms with Crippen LogP contribution < -0.4 is 5.32 Å². The van der Waals surface area contributed by atoms with Gasteiger partial charge in [-0.15, -0.1) is 21.5 Å². The third-order valence-corrected chi connectivity index (χ3v) is 7.36.